The normalized spacial score (nSPS) is 18.2. The van der Waals surface area contributed by atoms with Crippen LogP contribution in [-0.2, 0) is 0 Å². The summed E-state index contributed by atoms with van der Waals surface area (Å²) in [4.78, 5) is -0.376. The van der Waals surface area contributed by atoms with Crippen LogP contribution in [0.2, 0.25) is 0 Å². The van der Waals surface area contributed by atoms with Gasteiger partial charge in [0.15, 0.2) is 0 Å². The molecule has 1 aromatic carbocycles. The fourth-order valence-corrected chi connectivity index (χ4v) is 3.38. The summed E-state index contributed by atoms with van der Waals surface area (Å²) in [6, 6.07) is 1.48. The van der Waals surface area contributed by atoms with Crippen molar-refractivity contribution >= 4 is 15.9 Å². The highest BCUT2D eigenvalue weighted by Gasteiger charge is 2.21. The monoisotopic (exact) mass is 320 g/mol. The van der Waals surface area contributed by atoms with Crippen molar-refractivity contribution in [3.8, 4) is 0 Å². The van der Waals surface area contributed by atoms with Crippen LogP contribution in [0.25, 0.3) is 0 Å². The van der Waals surface area contributed by atoms with E-state index in [1.165, 1.54) is 25.7 Å². The van der Waals surface area contributed by atoms with E-state index in [2.05, 4.69) is 15.9 Å². The lowest BCUT2D eigenvalue weighted by molar-refractivity contribution is 0.467. The van der Waals surface area contributed by atoms with E-state index in [1.54, 1.807) is 0 Å². The van der Waals surface area contributed by atoms with Gasteiger partial charge >= 0.3 is 0 Å². The minimum Gasteiger partial charge on any atom is -0.207 e. The topological polar surface area (TPSA) is 0 Å². The van der Waals surface area contributed by atoms with Crippen LogP contribution in [0.15, 0.2) is 12.1 Å². The average molecular weight is 321 g/mol. The summed E-state index contributed by atoms with van der Waals surface area (Å²) >= 11 is 3.32. The summed E-state index contributed by atoms with van der Waals surface area (Å²) < 4.78 is 39.9. The summed E-state index contributed by atoms with van der Waals surface area (Å²) in [6.07, 6.45) is 6.60. The van der Waals surface area contributed by atoms with E-state index < -0.39 is 17.5 Å². The second-order valence-corrected chi connectivity index (χ2v) is 6.08. The molecule has 0 saturated heterocycles. The van der Waals surface area contributed by atoms with Crippen LogP contribution in [0.1, 0.15) is 48.9 Å². The average Bonchev–Trinajstić information content (AvgIpc) is 2.77. The Morgan fingerprint density at radius 2 is 1.67 bits per heavy atom. The molecule has 0 aromatic heterocycles. The van der Waals surface area contributed by atoms with Gasteiger partial charge in [-0.3, -0.25) is 0 Å². The lowest BCUT2D eigenvalue weighted by Crippen LogP contribution is -2.03. The Hall–Kier alpha value is -0.510. The first kappa shape index (κ1) is 13.9. The van der Waals surface area contributed by atoms with Crippen molar-refractivity contribution in [3.05, 3.63) is 35.1 Å². The highest BCUT2D eigenvalue weighted by atomic mass is 79.9. The number of benzene rings is 1. The van der Waals surface area contributed by atoms with Gasteiger partial charge in [0, 0.05) is 22.5 Å². The molecule has 1 aliphatic carbocycles. The van der Waals surface area contributed by atoms with Crippen molar-refractivity contribution in [2.75, 3.05) is 0 Å². The van der Waals surface area contributed by atoms with E-state index in [4.69, 9.17) is 0 Å². The Labute approximate surface area is 114 Å². The quantitative estimate of drug-likeness (QED) is 0.641. The van der Waals surface area contributed by atoms with Crippen molar-refractivity contribution in [2.45, 2.75) is 43.4 Å². The molecule has 100 valence electrons. The molecule has 0 nitrogen and oxygen atoms in total. The minimum absolute atomic E-state index is 0.0469. The fourth-order valence-electron chi connectivity index (χ4n) is 2.68. The fraction of sp³-hybridized carbons (Fsp3) is 0.571. The third-order valence-corrected chi connectivity index (χ3v) is 4.58. The minimum atomic E-state index is -0.871. The second-order valence-electron chi connectivity index (χ2n) is 4.98. The number of halogens is 4. The Balaban J connectivity index is 2.01. The van der Waals surface area contributed by atoms with Gasteiger partial charge in [0.1, 0.15) is 17.5 Å². The molecule has 1 unspecified atom stereocenters. The van der Waals surface area contributed by atoms with Crippen molar-refractivity contribution in [1.29, 1.82) is 0 Å². The second kappa shape index (κ2) is 6.09. The number of rotatable bonds is 4. The lowest BCUT2D eigenvalue weighted by atomic mass is 9.98. The zero-order valence-corrected chi connectivity index (χ0v) is 11.6. The van der Waals surface area contributed by atoms with Crippen LogP contribution in [0.5, 0.6) is 0 Å². The Morgan fingerprint density at radius 1 is 1.11 bits per heavy atom. The van der Waals surface area contributed by atoms with E-state index in [-0.39, 0.29) is 10.4 Å². The van der Waals surface area contributed by atoms with Crippen LogP contribution in [-0.4, -0.2) is 0 Å². The maximum atomic E-state index is 13.6. The molecule has 0 aliphatic heterocycles. The molecule has 1 atom stereocenters. The zero-order chi connectivity index (χ0) is 13.1. The lowest BCUT2D eigenvalue weighted by Gasteiger charge is -2.15. The summed E-state index contributed by atoms with van der Waals surface area (Å²) in [5.74, 6) is -1.80. The van der Waals surface area contributed by atoms with Gasteiger partial charge < -0.3 is 0 Å². The van der Waals surface area contributed by atoms with Crippen molar-refractivity contribution < 1.29 is 13.2 Å². The van der Waals surface area contributed by atoms with E-state index in [1.807, 2.05) is 0 Å². The van der Waals surface area contributed by atoms with Gasteiger partial charge in [0.05, 0.1) is 0 Å². The molecule has 1 saturated carbocycles. The highest BCUT2D eigenvalue weighted by Crippen LogP contribution is 2.36. The molecule has 0 bridgehead atoms. The smallest absolute Gasteiger partial charge is 0.133 e. The standard InChI is InChI=1S/C14H16BrF3/c15-11(6-5-9-3-1-2-4-9)14-12(17)7-10(16)8-13(14)18/h7-9,11H,1-6H2. The zero-order valence-electron chi connectivity index (χ0n) is 10.1. The molecule has 0 heterocycles. The summed E-state index contributed by atoms with van der Waals surface area (Å²) in [6.45, 7) is 0. The van der Waals surface area contributed by atoms with Crippen molar-refractivity contribution in [3.63, 3.8) is 0 Å². The third kappa shape index (κ3) is 3.28. The number of alkyl halides is 1. The molecule has 0 spiro atoms. The van der Waals surface area contributed by atoms with E-state index in [9.17, 15) is 13.2 Å². The van der Waals surface area contributed by atoms with E-state index in [0.717, 1.165) is 18.6 Å². The van der Waals surface area contributed by atoms with Gasteiger partial charge in [-0.1, -0.05) is 41.6 Å². The summed E-state index contributed by atoms with van der Waals surface area (Å²) in [5.41, 5.74) is -0.0469. The van der Waals surface area contributed by atoms with Gasteiger partial charge in [-0.25, -0.2) is 13.2 Å². The Morgan fingerprint density at radius 3 is 2.22 bits per heavy atom. The number of hydrogen-bond acceptors (Lipinski definition) is 0. The van der Waals surface area contributed by atoms with E-state index in [0.29, 0.717) is 12.3 Å². The highest BCUT2D eigenvalue weighted by molar-refractivity contribution is 9.09. The maximum absolute atomic E-state index is 13.6. The first-order valence-corrected chi connectivity index (χ1v) is 7.28. The van der Waals surface area contributed by atoms with Gasteiger partial charge in [0.25, 0.3) is 0 Å². The summed E-state index contributed by atoms with van der Waals surface area (Å²) in [7, 11) is 0. The third-order valence-electron chi connectivity index (χ3n) is 3.66. The van der Waals surface area contributed by atoms with Gasteiger partial charge in [-0.05, 0) is 18.8 Å². The predicted molar refractivity (Wildman–Crippen MR) is 69.2 cm³/mol. The van der Waals surface area contributed by atoms with Crippen LogP contribution < -0.4 is 0 Å². The Kier molecular flexibility index (Phi) is 4.71. The first-order valence-electron chi connectivity index (χ1n) is 6.36. The van der Waals surface area contributed by atoms with E-state index >= 15 is 0 Å². The predicted octanol–water partition coefficient (Wildman–Crippen LogP) is 5.51. The number of hydrogen-bond donors (Lipinski definition) is 0. The first-order chi connectivity index (χ1) is 8.58. The van der Waals surface area contributed by atoms with Gasteiger partial charge in [0.2, 0.25) is 0 Å². The largest absolute Gasteiger partial charge is 0.207 e. The maximum Gasteiger partial charge on any atom is 0.133 e. The molecule has 0 amide bonds. The molecule has 2 rings (SSSR count). The van der Waals surface area contributed by atoms with Crippen molar-refractivity contribution in [1.82, 2.24) is 0 Å². The molecular weight excluding hydrogens is 305 g/mol. The van der Waals surface area contributed by atoms with Crippen molar-refractivity contribution in [2.24, 2.45) is 5.92 Å². The molecular formula is C14H16BrF3. The molecule has 1 aromatic rings. The molecule has 0 radical (unpaired) electrons. The molecule has 1 fully saturated rings. The Bertz CT molecular complexity index is 390. The molecule has 4 heteroatoms. The SMILES string of the molecule is Fc1cc(F)c(C(Br)CCC2CCCC2)c(F)c1. The van der Waals surface area contributed by atoms with Crippen LogP contribution in [0, 0.1) is 23.4 Å². The summed E-state index contributed by atoms with van der Waals surface area (Å²) in [5, 5.41) is 0. The molecule has 18 heavy (non-hydrogen) atoms. The van der Waals surface area contributed by atoms with Gasteiger partial charge in [-0.15, -0.1) is 0 Å². The molecule has 0 N–H and O–H groups in total. The van der Waals surface area contributed by atoms with Gasteiger partial charge in [-0.2, -0.15) is 0 Å². The van der Waals surface area contributed by atoms with Crippen LogP contribution in [0.4, 0.5) is 13.2 Å². The van der Waals surface area contributed by atoms with Crippen LogP contribution >= 0.6 is 15.9 Å². The molecule has 1 aliphatic rings. The van der Waals surface area contributed by atoms with Crippen LogP contribution in [0.3, 0.4) is 0 Å².